The normalized spacial score (nSPS) is 11.6. The lowest BCUT2D eigenvalue weighted by molar-refractivity contribution is 1.91. The zero-order valence-corrected chi connectivity index (χ0v) is 14.7. The highest BCUT2D eigenvalue weighted by Crippen LogP contribution is 2.49. The molecule has 0 radical (unpaired) electrons. The molecule has 0 N–H and O–H groups in total. The van der Waals surface area contributed by atoms with E-state index in [1.807, 2.05) is 45.3 Å². The molecule has 4 heteroatoms. The van der Waals surface area contributed by atoms with E-state index >= 15 is 0 Å². The van der Waals surface area contributed by atoms with Crippen molar-refractivity contribution in [1.29, 1.82) is 0 Å². The van der Waals surface area contributed by atoms with E-state index in [9.17, 15) is 0 Å². The van der Waals surface area contributed by atoms with Gasteiger partial charge in [0, 0.05) is 41.1 Å². The van der Waals surface area contributed by atoms with E-state index < -0.39 is 0 Å². The summed E-state index contributed by atoms with van der Waals surface area (Å²) in [6.07, 6.45) is 0. The van der Waals surface area contributed by atoms with Crippen LogP contribution in [0.2, 0.25) is 0 Å². The van der Waals surface area contributed by atoms with E-state index in [-0.39, 0.29) is 0 Å². The molecule has 5 rings (SSSR count). The quantitative estimate of drug-likeness (QED) is 0.306. The summed E-state index contributed by atoms with van der Waals surface area (Å²) in [5.74, 6) is 0. The summed E-state index contributed by atoms with van der Waals surface area (Å²) >= 11 is 7.38. The topological polar surface area (TPSA) is 0 Å². The van der Waals surface area contributed by atoms with E-state index in [2.05, 4.69) is 57.9 Å². The molecule has 0 amide bonds. The minimum Gasteiger partial charge on any atom is -0.144 e. The van der Waals surface area contributed by atoms with Crippen molar-refractivity contribution in [2.75, 3.05) is 0 Å². The molecular weight excluding hydrogens is 344 g/mol. The van der Waals surface area contributed by atoms with Gasteiger partial charge in [-0.05, 0) is 45.8 Å². The highest BCUT2D eigenvalue weighted by Gasteiger charge is 2.19. The second kappa shape index (κ2) is 5.03. The first-order chi connectivity index (χ1) is 10.9. The first-order valence-corrected chi connectivity index (χ1v) is 10.4. The summed E-state index contributed by atoms with van der Waals surface area (Å²) in [4.78, 5) is 2.74. The maximum Gasteiger partial charge on any atom is 0.0442 e. The van der Waals surface area contributed by atoms with E-state index in [4.69, 9.17) is 0 Å². The minimum absolute atomic E-state index is 1.37. The summed E-state index contributed by atoms with van der Waals surface area (Å²) in [7, 11) is 0. The highest BCUT2D eigenvalue weighted by molar-refractivity contribution is 7.22. The van der Waals surface area contributed by atoms with Crippen LogP contribution in [0.1, 0.15) is 0 Å². The van der Waals surface area contributed by atoms with Crippen LogP contribution in [0.5, 0.6) is 0 Å². The van der Waals surface area contributed by atoms with Crippen molar-refractivity contribution in [3.8, 4) is 20.9 Å². The number of hydrogen-bond donors (Lipinski definition) is 0. The summed E-state index contributed by atoms with van der Waals surface area (Å²) < 4.78 is 2.83. The van der Waals surface area contributed by atoms with Crippen molar-refractivity contribution in [3.63, 3.8) is 0 Å². The fourth-order valence-corrected chi connectivity index (χ4v) is 6.64. The largest absolute Gasteiger partial charge is 0.144 e. The van der Waals surface area contributed by atoms with Gasteiger partial charge in [0.05, 0.1) is 0 Å². The van der Waals surface area contributed by atoms with E-state index in [1.165, 1.54) is 41.1 Å². The Morgan fingerprint density at radius 3 is 1.41 bits per heavy atom. The van der Waals surface area contributed by atoms with Gasteiger partial charge < -0.3 is 0 Å². The summed E-state index contributed by atoms with van der Waals surface area (Å²) in [6.45, 7) is 0. The molecule has 0 aliphatic carbocycles. The second-order valence-corrected chi connectivity index (χ2v) is 8.76. The number of thiophene rings is 4. The molecule has 0 saturated heterocycles. The maximum absolute atomic E-state index is 2.28. The van der Waals surface area contributed by atoms with Gasteiger partial charge in [-0.3, -0.25) is 0 Å². The Labute approximate surface area is 143 Å². The fourth-order valence-electron chi connectivity index (χ4n) is 2.97. The van der Waals surface area contributed by atoms with Gasteiger partial charge in [-0.15, -0.1) is 45.3 Å². The molecule has 0 fully saturated rings. The van der Waals surface area contributed by atoms with Gasteiger partial charge in [0.25, 0.3) is 0 Å². The Morgan fingerprint density at radius 2 is 1.00 bits per heavy atom. The molecular formula is C18H10S4. The third-order valence-corrected chi connectivity index (χ3v) is 7.50. The van der Waals surface area contributed by atoms with Crippen LogP contribution in [0.3, 0.4) is 0 Å². The monoisotopic (exact) mass is 354 g/mol. The van der Waals surface area contributed by atoms with E-state index in [0.29, 0.717) is 0 Å². The molecule has 0 saturated carbocycles. The Balaban J connectivity index is 2.02. The lowest BCUT2D eigenvalue weighted by atomic mass is 10.0. The molecule has 0 aliphatic heterocycles. The smallest absolute Gasteiger partial charge is 0.0442 e. The fraction of sp³-hybridized carbons (Fsp3) is 0. The first-order valence-electron chi connectivity index (χ1n) is 6.91. The van der Waals surface area contributed by atoms with Crippen molar-refractivity contribution in [1.82, 2.24) is 0 Å². The third-order valence-electron chi connectivity index (χ3n) is 3.86. The minimum atomic E-state index is 1.37. The molecule has 106 valence electrons. The van der Waals surface area contributed by atoms with Crippen molar-refractivity contribution in [2.24, 2.45) is 0 Å². The van der Waals surface area contributed by atoms with Crippen LogP contribution < -0.4 is 0 Å². The number of fused-ring (bicyclic) bond motifs is 2. The van der Waals surface area contributed by atoms with Crippen molar-refractivity contribution < 1.29 is 0 Å². The second-order valence-electron chi connectivity index (χ2n) is 5.03. The van der Waals surface area contributed by atoms with Gasteiger partial charge in [0.2, 0.25) is 0 Å². The summed E-state index contributed by atoms with van der Waals surface area (Å²) in [6, 6.07) is 13.3. The standard InChI is InChI=1S/C18H10S4/c1-3-13(19-7-1)15-11-5-9-22-18(11)16(14-4-2-8-20-14)12-6-10-21-17(12)15/h1-10H. The van der Waals surface area contributed by atoms with Crippen molar-refractivity contribution in [3.05, 3.63) is 57.9 Å². The molecule has 22 heavy (non-hydrogen) atoms. The molecule has 1 aromatic carbocycles. The van der Waals surface area contributed by atoms with Gasteiger partial charge in [-0.25, -0.2) is 0 Å². The van der Waals surface area contributed by atoms with Crippen LogP contribution in [0.15, 0.2) is 57.9 Å². The number of rotatable bonds is 2. The molecule has 0 spiro atoms. The van der Waals surface area contributed by atoms with Gasteiger partial charge in [0.15, 0.2) is 0 Å². The zero-order chi connectivity index (χ0) is 14.5. The predicted octanol–water partition coefficient (Wildman–Crippen LogP) is 7.57. The van der Waals surface area contributed by atoms with Crippen LogP contribution in [0.25, 0.3) is 41.1 Å². The van der Waals surface area contributed by atoms with Crippen LogP contribution >= 0.6 is 45.3 Å². The Hall–Kier alpha value is -1.46. The van der Waals surface area contributed by atoms with Crippen molar-refractivity contribution >= 4 is 65.5 Å². The van der Waals surface area contributed by atoms with Crippen LogP contribution in [-0.2, 0) is 0 Å². The van der Waals surface area contributed by atoms with Gasteiger partial charge >= 0.3 is 0 Å². The first kappa shape index (κ1) is 13.0. The lowest BCUT2D eigenvalue weighted by Gasteiger charge is -2.09. The molecule has 0 unspecified atom stereocenters. The number of hydrogen-bond acceptors (Lipinski definition) is 4. The third kappa shape index (κ3) is 1.78. The average molecular weight is 355 g/mol. The Kier molecular flexibility index (Phi) is 2.98. The average Bonchev–Trinajstić information content (AvgIpc) is 3.29. The molecule has 0 bridgehead atoms. The summed E-state index contributed by atoms with van der Waals surface area (Å²) in [5, 5.41) is 11.6. The molecule has 0 nitrogen and oxygen atoms in total. The molecule has 0 aliphatic rings. The molecule has 0 atom stereocenters. The van der Waals surface area contributed by atoms with Gasteiger partial charge in [-0.1, -0.05) is 12.1 Å². The van der Waals surface area contributed by atoms with Crippen LogP contribution in [0, 0.1) is 0 Å². The summed E-state index contributed by atoms with van der Waals surface area (Å²) in [5.41, 5.74) is 2.83. The molecule has 4 heterocycles. The Morgan fingerprint density at radius 1 is 0.500 bits per heavy atom. The van der Waals surface area contributed by atoms with Crippen molar-refractivity contribution in [2.45, 2.75) is 0 Å². The lowest BCUT2D eigenvalue weighted by Crippen LogP contribution is -1.81. The van der Waals surface area contributed by atoms with Crippen LogP contribution in [-0.4, -0.2) is 0 Å². The molecule has 5 aromatic rings. The highest BCUT2D eigenvalue weighted by atomic mass is 32.1. The zero-order valence-electron chi connectivity index (χ0n) is 11.4. The van der Waals surface area contributed by atoms with E-state index in [1.54, 1.807) is 0 Å². The predicted molar refractivity (Wildman–Crippen MR) is 104 cm³/mol. The van der Waals surface area contributed by atoms with E-state index in [0.717, 1.165) is 0 Å². The van der Waals surface area contributed by atoms with Gasteiger partial charge in [-0.2, -0.15) is 0 Å². The Bertz CT molecular complexity index is 925. The van der Waals surface area contributed by atoms with Gasteiger partial charge in [0.1, 0.15) is 0 Å². The van der Waals surface area contributed by atoms with Crippen LogP contribution in [0.4, 0.5) is 0 Å². The maximum atomic E-state index is 2.28. The molecule has 4 aromatic heterocycles. The number of benzene rings is 1. The SMILES string of the molecule is c1csc(-c2c3ccsc3c(-c3cccs3)c3ccsc23)c1.